The Morgan fingerprint density at radius 3 is 2.71 bits per heavy atom. The molecule has 0 aromatic carbocycles. The average Bonchev–Trinajstić information content (AvgIpc) is 2.97. The van der Waals surface area contributed by atoms with Crippen LogP contribution in [0.25, 0.3) is 0 Å². The molecule has 2 aliphatic heterocycles. The number of likely N-dealkylation sites (tertiary alicyclic amines) is 1. The van der Waals surface area contributed by atoms with E-state index in [0.717, 1.165) is 0 Å². The number of amides is 4. The molecule has 0 spiro atoms. The standard InChI is InChI=1S/C15H17N5O7S/c16-11(21)6-17-14(23)9-2-1-4-18(7-9)8-12(22)19-5-3-10-13(19)15(24)20(10)28(25,26)27/h1-2,4,7,10,13H,3,5-6,8H2,(H3-,16,17,21,23,25,26,27)/p+1/t10-,13+/m1/s1. The summed E-state index contributed by atoms with van der Waals surface area (Å²) in [6, 6.07) is 1.34. The van der Waals surface area contributed by atoms with E-state index in [1.165, 1.54) is 27.8 Å². The van der Waals surface area contributed by atoms with Crippen molar-refractivity contribution in [2.24, 2.45) is 5.73 Å². The number of fused-ring (bicyclic) bond motifs is 1. The molecule has 3 rings (SSSR count). The van der Waals surface area contributed by atoms with Crippen LogP contribution in [0.3, 0.4) is 0 Å². The van der Waals surface area contributed by atoms with Gasteiger partial charge in [0, 0.05) is 12.6 Å². The van der Waals surface area contributed by atoms with Crippen molar-refractivity contribution in [3.05, 3.63) is 30.1 Å². The maximum atomic E-state index is 12.6. The second-order valence-corrected chi connectivity index (χ2v) is 7.70. The zero-order valence-corrected chi connectivity index (χ0v) is 15.3. The van der Waals surface area contributed by atoms with E-state index in [1.54, 1.807) is 6.20 Å². The van der Waals surface area contributed by atoms with Gasteiger partial charge in [-0.05, 0) is 12.5 Å². The van der Waals surface area contributed by atoms with Gasteiger partial charge in [-0.1, -0.05) is 0 Å². The predicted octanol–water partition coefficient (Wildman–Crippen LogP) is -3.20. The topological polar surface area (TPSA) is 171 Å². The van der Waals surface area contributed by atoms with Crippen molar-refractivity contribution in [3.8, 4) is 0 Å². The number of carbonyl (C=O) groups excluding carboxylic acids is 4. The van der Waals surface area contributed by atoms with Crippen molar-refractivity contribution in [2.75, 3.05) is 13.1 Å². The van der Waals surface area contributed by atoms with Gasteiger partial charge in [-0.2, -0.15) is 13.0 Å². The lowest BCUT2D eigenvalue weighted by Gasteiger charge is -2.42. The van der Waals surface area contributed by atoms with Gasteiger partial charge in [-0.25, -0.2) is 4.31 Å². The largest absolute Gasteiger partial charge is 0.368 e. The molecule has 0 bridgehead atoms. The Morgan fingerprint density at radius 2 is 2.07 bits per heavy atom. The summed E-state index contributed by atoms with van der Waals surface area (Å²) in [7, 11) is -4.64. The Morgan fingerprint density at radius 1 is 1.36 bits per heavy atom. The molecule has 3 heterocycles. The van der Waals surface area contributed by atoms with Gasteiger partial charge in [0.2, 0.25) is 12.5 Å². The SMILES string of the molecule is NC(=O)CNC(=O)c1ccc[n+](CC(=O)N2CC[C@@H]3[C@H]2C(=O)N3S(=O)(=O)O)c1. The van der Waals surface area contributed by atoms with E-state index < -0.39 is 46.0 Å². The molecule has 28 heavy (non-hydrogen) atoms. The Bertz CT molecular complexity index is 963. The van der Waals surface area contributed by atoms with Crippen molar-refractivity contribution >= 4 is 33.9 Å². The molecular weight excluding hydrogens is 394 g/mol. The van der Waals surface area contributed by atoms with Crippen LogP contribution < -0.4 is 15.6 Å². The molecule has 1 aromatic heterocycles. The van der Waals surface area contributed by atoms with E-state index >= 15 is 0 Å². The highest BCUT2D eigenvalue weighted by Crippen LogP contribution is 2.35. The number of primary amides is 1. The average molecular weight is 412 g/mol. The fourth-order valence-electron chi connectivity index (χ4n) is 3.37. The first-order valence-electron chi connectivity index (χ1n) is 8.25. The van der Waals surface area contributed by atoms with Gasteiger partial charge in [0.05, 0.1) is 12.6 Å². The lowest BCUT2D eigenvalue weighted by molar-refractivity contribution is -0.685. The molecule has 150 valence electrons. The van der Waals surface area contributed by atoms with Crippen LogP contribution in [0.2, 0.25) is 0 Å². The van der Waals surface area contributed by atoms with Crippen LogP contribution in [0.15, 0.2) is 24.5 Å². The van der Waals surface area contributed by atoms with Crippen molar-refractivity contribution in [3.63, 3.8) is 0 Å². The summed E-state index contributed by atoms with van der Waals surface area (Å²) in [4.78, 5) is 48.6. The highest BCUT2D eigenvalue weighted by Gasteiger charge is 2.60. The number of nitrogens with two attached hydrogens (primary N) is 1. The van der Waals surface area contributed by atoms with Gasteiger partial charge in [0.1, 0.15) is 11.6 Å². The third kappa shape index (κ3) is 3.66. The maximum Gasteiger partial charge on any atom is 0.362 e. The van der Waals surface area contributed by atoms with Crippen LogP contribution in [0.5, 0.6) is 0 Å². The summed E-state index contributed by atoms with van der Waals surface area (Å²) in [6.07, 6.45) is 3.18. The molecule has 2 aliphatic rings. The zero-order valence-electron chi connectivity index (χ0n) is 14.5. The third-order valence-corrected chi connectivity index (χ3v) is 5.52. The Kier molecular flexibility index (Phi) is 5.04. The molecule has 2 atom stereocenters. The second kappa shape index (κ2) is 7.16. The molecule has 12 nitrogen and oxygen atoms in total. The van der Waals surface area contributed by atoms with E-state index in [2.05, 4.69) is 5.32 Å². The molecular formula is C15H18N5O7S+. The van der Waals surface area contributed by atoms with E-state index in [9.17, 15) is 27.6 Å². The molecule has 0 aliphatic carbocycles. The number of β-lactam (4-membered cyclic amide) rings is 1. The quantitative estimate of drug-likeness (QED) is 0.251. The summed E-state index contributed by atoms with van der Waals surface area (Å²) in [5.74, 6) is -2.52. The Balaban J connectivity index is 1.66. The van der Waals surface area contributed by atoms with Crippen molar-refractivity contribution in [1.82, 2.24) is 14.5 Å². The summed E-state index contributed by atoms with van der Waals surface area (Å²) < 4.78 is 33.3. The van der Waals surface area contributed by atoms with Crippen LogP contribution in [0, 0.1) is 0 Å². The van der Waals surface area contributed by atoms with Gasteiger partial charge < -0.3 is 16.0 Å². The minimum absolute atomic E-state index is 0.172. The van der Waals surface area contributed by atoms with Crippen LogP contribution in [0.1, 0.15) is 16.8 Å². The number of carbonyl (C=O) groups is 4. The minimum atomic E-state index is -4.64. The maximum absolute atomic E-state index is 12.6. The summed E-state index contributed by atoms with van der Waals surface area (Å²) in [5.41, 5.74) is 5.17. The van der Waals surface area contributed by atoms with E-state index in [4.69, 9.17) is 10.3 Å². The fraction of sp³-hybridized carbons (Fsp3) is 0.400. The first kappa shape index (κ1) is 19.7. The van der Waals surface area contributed by atoms with Gasteiger partial charge in [0.25, 0.3) is 17.7 Å². The summed E-state index contributed by atoms with van der Waals surface area (Å²) in [6.45, 7) is -0.333. The number of hydrogen-bond acceptors (Lipinski definition) is 6. The molecule has 13 heteroatoms. The molecule has 2 fully saturated rings. The summed E-state index contributed by atoms with van der Waals surface area (Å²) >= 11 is 0. The molecule has 2 saturated heterocycles. The Hall–Kier alpha value is -3.06. The minimum Gasteiger partial charge on any atom is -0.368 e. The molecule has 0 saturated carbocycles. The number of hydrogen-bond donors (Lipinski definition) is 3. The number of pyridine rings is 1. The lowest BCUT2D eigenvalue weighted by Crippen LogP contribution is -2.68. The molecule has 4 N–H and O–H groups in total. The van der Waals surface area contributed by atoms with Gasteiger partial charge in [0.15, 0.2) is 12.4 Å². The second-order valence-electron chi connectivity index (χ2n) is 6.41. The number of aromatic nitrogens is 1. The van der Waals surface area contributed by atoms with Gasteiger partial charge >= 0.3 is 10.3 Å². The van der Waals surface area contributed by atoms with Crippen molar-refractivity contribution < 1.29 is 36.7 Å². The normalized spacial score (nSPS) is 21.1. The molecule has 0 radical (unpaired) electrons. The van der Waals surface area contributed by atoms with Gasteiger partial charge in [-0.3, -0.25) is 23.7 Å². The smallest absolute Gasteiger partial charge is 0.362 e. The molecule has 1 aromatic rings. The van der Waals surface area contributed by atoms with Crippen LogP contribution >= 0.6 is 0 Å². The first-order valence-corrected chi connectivity index (χ1v) is 9.65. The lowest BCUT2D eigenvalue weighted by atomic mass is 10.0. The number of nitrogens with one attached hydrogen (secondary N) is 1. The Labute approximate surface area is 159 Å². The van der Waals surface area contributed by atoms with Crippen molar-refractivity contribution in [1.29, 1.82) is 0 Å². The highest BCUT2D eigenvalue weighted by atomic mass is 32.2. The highest BCUT2D eigenvalue weighted by molar-refractivity contribution is 7.84. The van der Waals surface area contributed by atoms with E-state index in [1.807, 2.05) is 0 Å². The molecule has 4 amide bonds. The van der Waals surface area contributed by atoms with Gasteiger partial charge in [-0.15, -0.1) is 0 Å². The third-order valence-electron chi connectivity index (χ3n) is 4.57. The van der Waals surface area contributed by atoms with E-state index in [0.29, 0.717) is 4.31 Å². The first-order chi connectivity index (χ1) is 13.1. The fourth-order valence-corrected chi connectivity index (χ4v) is 4.27. The zero-order chi connectivity index (χ0) is 20.6. The number of rotatable bonds is 6. The van der Waals surface area contributed by atoms with Crippen molar-refractivity contribution in [2.45, 2.75) is 25.0 Å². The monoisotopic (exact) mass is 412 g/mol. The molecule has 0 unspecified atom stereocenters. The van der Waals surface area contributed by atoms with Crippen LogP contribution in [-0.2, 0) is 31.2 Å². The summed E-state index contributed by atoms with van der Waals surface area (Å²) in [5, 5.41) is 2.33. The van der Waals surface area contributed by atoms with Crippen LogP contribution in [0.4, 0.5) is 0 Å². The van der Waals surface area contributed by atoms with Crippen LogP contribution in [-0.4, -0.2) is 71.0 Å². The number of nitrogens with zero attached hydrogens (tertiary/aromatic N) is 3. The predicted molar refractivity (Wildman–Crippen MR) is 90.5 cm³/mol. The van der Waals surface area contributed by atoms with E-state index in [-0.39, 0.29) is 31.6 Å².